The van der Waals surface area contributed by atoms with Gasteiger partial charge < -0.3 is 9.64 Å². The number of carbonyl (C=O) groups excluding carboxylic acids is 1. The maximum Gasteiger partial charge on any atom is 0.340 e. The van der Waals surface area contributed by atoms with E-state index >= 15 is 0 Å². The Hall–Kier alpha value is -1.95. The van der Waals surface area contributed by atoms with Crippen LogP contribution in [-0.2, 0) is 4.74 Å². The Bertz CT molecular complexity index is 446. The van der Waals surface area contributed by atoms with Crippen molar-refractivity contribution in [1.29, 1.82) is 0 Å². The highest BCUT2D eigenvalue weighted by Gasteiger charge is 2.10. The van der Waals surface area contributed by atoms with Gasteiger partial charge in [0.25, 0.3) is 0 Å². The van der Waals surface area contributed by atoms with Gasteiger partial charge in [0, 0.05) is 13.6 Å². The third kappa shape index (κ3) is 5.05. The smallest absolute Gasteiger partial charge is 0.340 e. The minimum Gasteiger partial charge on any atom is -0.465 e. The third-order valence-electron chi connectivity index (χ3n) is 2.49. The molecule has 6 nitrogen and oxygen atoms in total. The number of nitrogens with zero attached hydrogens (tertiary/aromatic N) is 4. The first kappa shape index (κ1) is 15.1. The maximum absolute atomic E-state index is 11.5. The normalized spacial score (nSPS) is 11.0. The molecule has 1 aromatic carbocycles. The number of rotatable bonds is 6. The molecule has 6 heteroatoms. The van der Waals surface area contributed by atoms with Gasteiger partial charge >= 0.3 is 5.97 Å². The average molecular weight is 264 g/mol. The zero-order valence-corrected chi connectivity index (χ0v) is 11.8. The van der Waals surface area contributed by atoms with Gasteiger partial charge in [-0.15, -0.1) is 5.11 Å². The van der Waals surface area contributed by atoms with Crippen molar-refractivity contribution in [3.05, 3.63) is 29.8 Å². The maximum atomic E-state index is 11.5. The van der Waals surface area contributed by atoms with Crippen molar-refractivity contribution >= 4 is 11.7 Å². The molecule has 1 aromatic rings. The quantitative estimate of drug-likeness (QED) is 0.448. The van der Waals surface area contributed by atoms with Crippen molar-refractivity contribution < 1.29 is 9.53 Å². The second-order valence-electron chi connectivity index (χ2n) is 4.38. The van der Waals surface area contributed by atoms with Crippen molar-refractivity contribution in [2.45, 2.75) is 0 Å². The molecule has 0 aliphatic carbocycles. The van der Waals surface area contributed by atoms with E-state index in [0.717, 1.165) is 13.1 Å². The molecule has 0 spiro atoms. The Labute approximate surface area is 113 Å². The van der Waals surface area contributed by atoms with Gasteiger partial charge in [-0.3, -0.25) is 5.01 Å². The topological polar surface area (TPSA) is 57.5 Å². The minimum absolute atomic E-state index is 0.412. The summed E-state index contributed by atoms with van der Waals surface area (Å²) in [6.07, 6.45) is 0. The molecule has 0 saturated heterocycles. The highest BCUT2D eigenvalue weighted by atomic mass is 16.5. The summed E-state index contributed by atoms with van der Waals surface area (Å²) in [6, 6.07) is 6.97. The lowest BCUT2D eigenvalue weighted by Gasteiger charge is -2.15. The second-order valence-corrected chi connectivity index (χ2v) is 4.38. The molecule has 0 aliphatic rings. The first-order chi connectivity index (χ1) is 9.04. The van der Waals surface area contributed by atoms with E-state index in [1.54, 1.807) is 29.3 Å². The van der Waals surface area contributed by atoms with Crippen molar-refractivity contribution in [2.75, 3.05) is 41.3 Å². The summed E-state index contributed by atoms with van der Waals surface area (Å²) in [6.45, 7) is 1.64. The van der Waals surface area contributed by atoms with Crippen molar-refractivity contribution in [1.82, 2.24) is 9.91 Å². The van der Waals surface area contributed by atoms with Gasteiger partial charge in [-0.05, 0) is 26.2 Å². The summed E-state index contributed by atoms with van der Waals surface area (Å²) in [5.41, 5.74) is 0.917. The highest BCUT2D eigenvalue weighted by molar-refractivity contribution is 5.94. The van der Waals surface area contributed by atoms with Gasteiger partial charge in [0.15, 0.2) is 0 Å². The Balaban J connectivity index is 2.73. The van der Waals surface area contributed by atoms with Crippen LogP contribution in [-0.4, -0.2) is 57.2 Å². The molecule has 0 saturated carbocycles. The largest absolute Gasteiger partial charge is 0.465 e. The fourth-order valence-corrected chi connectivity index (χ4v) is 1.36. The van der Waals surface area contributed by atoms with Crippen LogP contribution in [0, 0.1) is 0 Å². The van der Waals surface area contributed by atoms with Crippen LogP contribution in [0.15, 0.2) is 34.6 Å². The van der Waals surface area contributed by atoms with E-state index in [1.807, 2.05) is 21.1 Å². The SMILES string of the molecule is COC(=O)c1ccccc1N=NN(C)CCN(C)C. The number of methoxy groups -OCH3 is 1. The standard InChI is InChI=1S/C13H20N4O2/c1-16(2)9-10-17(3)15-14-12-8-6-5-7-11(12)13(18)19-4/h5-8H,9-10H2,1-4H3. The minimum atomic E-state index is -0.412. The molecule has 0 fully saturated rings. The second kappa shape index (κ2) is 7.48. The molecule has 104 valence electrons. The first-order valence-corrected chi connectivity index (χ1v) is 5.99. The number of carbonyl (C=O) groups is 1. The Kier molecular flexibility index (Phi) is 5.95. The monoisotopic (exact) mass is 264 g/mol. The summed E-state index contributed by atoms with van der Waals surface area (Å²) < 4.78 is 4.70. The molecule has 1 rings (SSSR count). The third-order valence-corrected chi connectivity index (χ3v) is 2.49. The number of hydrogen-bond donors (Lipinski definition) is 0. The number of benzene rings is 1. The predicted octanol–water partition coefficient (Wildman–Crippen LogP) is 1.97. The summed E-state index contributed by atoms with van der Waals surface area (Å²) in [5, 5.41) is 9.88. The van der Waals surface area contributed by atoms with Crippen LogP contribution in [0.5, 0.6) is 0 Å². The Morgan fingerprint density at radius 3 is 2.53 bits per heavy atom. The van der Waals surface area contributed by atoms with E-state index in [0.29, 0.717) is 11.3 Å². The zero-order chi connectivity index (χ0) is 14.3. The molecule has 0 N–H and O–H groups in total. The molecule has 0 aliphatic heterocycles. The predicted molar refractivity (Wildman–Crippen MR) is 73.5 cm³/mol. The van der Waals surface area contributed by atoms with Gasteiger partial charge in [0.2, 0.25) is 0 Å². The van der Waals surface area contributed by atoms with Crippen molar-refractivity contribution in [3.8, 4) is 0 Å². The fourth-order valence-electron chi connectivity index (χ4n) is 1.36. The molecular formula is C13H20N4O2. The van der Waals surface area contributed by atoms with Crippen molar-refractivity contribution in [3.63, 3.8) is 0 Å². The highest BCUT2D eigenvalue weighted by Crippen LogP contribution is 2.19. The van der Waals surface area contributed by atoms with Crippen LogP contribution in [0.4, 0.5) is 5.69 Å². The van der Waals surface area contributed by atoms with Gasteiger partial charge in [0.1, 0.15) is 5.69 Å². The molecule has 0 radical (unpaired) electrons. The molecule has 0 aromatic heterocycles. The number of likely N-dealkylation sites (N-methyl/N-ethyl adjacent to an activating group) is 2. The van der Waals surface area contributed by atoms with Gasteiger partial charge in [-0.25, -0.2) is 4.79 Å². The van der Waals surface area contributed by atoms with Crippen LogP contribution < -0.4 is 0 Å². The fraction of sp³-hybridized carbons (Fsp3) is 0.462. The lowest BCUT2D eigenvalue weighted by Crippen LogP contribution is -2.24. The zero-order valence-electron chi connectivity index (χ0n) is 11.8. The average Bonchev–Trinajstić information content (AvgIpc) is 2.42. The van der Waals surface area contributed by atoms with Gasteiger partial charge in [-0.1, -0.05) is 17.4 Å². The van der Waals surface area contributed by atoms with Crippen LogP contribution in [0.1, 0.15) is 10.4 Å². The number of ether oxygens (including phenoxy) is 1. The van der Waals surface area contributed by atoms with Crippen LogP contribution in [0.3, 0.4) is 0 Å². The van der Waals surface area contributed by atoms with Crippen LogP contribution in [0.25, 0.3) is 0 Å². The number of esters is 1. The molecule has 0 unspecified atom stereocenters. The van der Waals surface area contributed by atoms with Gasteiger partial charge in [-0.2, -0.15) is 0 Å². The van der Waals surface area contributed by atoms with E-state index in [9.17, 15) is 4.79 Å². The molecule has 0 bridgehead atoms. The van der Waals surface area contributed by atoms with Crippen molar-refractivity contribution in [2.24, 2.45) is 10.3 Å². The molecule has 0 heterocycles. The summed E-state index contributed by atoms with van der Waals surface area (Å²) in [7, 11) is 7.18. The molecule has 19 heavy (non-hydrogen) atoms. The van der Waals surface area contributed by atoms with Crippen LogP contribution >= 0.6 is 0 Å². The summed E-state index contributed by atoms with van der Waals surface area (Å²) in [4.78, 5) is 13.6. The lowest BCUT2D eigenvalue weighted by atomic mass is 10.2. The molecule has 0 amide bonds. The van der Waals surface area contributed by atoms with Gasteiger partial charge in [0.05, 0.1) is 19.2 Å². The van der Waals surface area contributed by atoms with E-state index in [1.165, 1.54) is 7.11 Å². The summed E-state index contributed by atoms with van der Waals surface area (Å²) >= 11 is 0. The Morgan fingerprint density at radius 2 is 1.89 bits per heavy atom. The summed E-state index contributed by atoms with van der Waals surface area (Å²) in [5.74, 6) is -0.412. The first-order valence-electron chi connectivity index (χ1n) is 5.99. The van der Waals surface area contributed by atoms with E-state index in [2.05, 4.69) is 15.2 Å². The van der Waals surface area contributed by atoms with E-state index < -0.39 is 5.97 Å². The molecule has 0 atom stereocenters. The molecular weight excluding hydrogens is 244 g/mol. The van der Waals surface area contributed by atoms with E-state index in [-0.39, 0.29) is 0 Å². The van der Waals surface area contributed by atoms with E-state index in [4.69, 9.17) is 4.74 Å². The lowest BCUT2D eigenvalue weighted by molar-refractivity contribution is 0.0601. The number of hydrogen-bond acceptors (Lipinski definition) is 5. The Morgan fingerprint density at radius 1 is 1.21 bits per heavy atom. The van der Waals surface area contributed by atoms with Crippen LogP contribution in [0.2, 0.25) is 0 Å².